The highest BCUT2D eigenvalue weighted by Gasteiger charge is 2.26. The van der Waals surface area contributed by atoms with Gasteiger partial charge in [0.2, 0.25) is 0 Å². The van der Waals surface area contributed by atoms with Gasteiger partial charge in [0.1, 0.15) is 17.3 Å². The first-order chi connectivity index (χ1) is 13.0. The molecule has 1 aliphatic heterocycles. The number of nitrogens with zero attached hydrogens (tertiary/aromatic N) is 4. The summed E-state index contributed by atoms with van der Waals surface area (Å²) in [5.41, 5.74) is 2.13. The third-order valence-corrected chi connectivity index (χ3v) is 4.93. The fourth-order valence-corrected chi connectivity index (χ4v) is 3.37. The van der Waals surface area contributed by atoms with Crippen LogP contribution in [0.4, 0.5) is 0 Å². The average molecular weight is 367 g/mol. The van der Waals surface area contributed by atoms with Crippen molar-refractivity contribution in [3.8, 4) is 0 Å². The van der Waals surface area contributed by atoms with Crippen molar-refractivity contribution in [3.63, 3.8) is 0 Å². The number of carbonyl (C=O) groups is 2. The molecule has 8 heteroatoms. The monoisotopic (exact) mass is 367 g/mol. The minimum atomic E-state index is -0.124. The molecule has 1 aliphatic rings. The molecule has 0 radical (unpaired) electrons. The summed E-state index contributed by atoms with van der Waals surface area (Å²) in [6.45, 7) is 3.85. The van der Waals surface area contributed by atoms with E-state index in [0.717, 1.165) is 11.5 Å². The third kappa shape index (κ3) is 3.14. The zero-order chi connectivity index (χ0) is 19.0. The normalized spacial score (nSPS) is 13.5. The van der Waals surface area contributed by atoms with Gasteiger partial charge in [-0.2, -0.15) is 0 Å². The molecule has 8 nitrogen and oxygen atoms in total. The van der Waals surface area contributed by atoms with Crippen LogP contribution in [0.5, 0.6) is 0 Å². The van der Waals surface area contributed by atoms with E-state index in [2.05, 4.69) is 14.9 Å². The number of fused-ring (bicyclic) bond motifs is 1. The first-order valence-corrected chi connectivity index (χ1v) is 8.81. The van der Waals surface area contributed by atoms with Crippen molar-refractivity contribution in [2.24, 2.45) is 7.05 Å². The number of hydrogen-bond donors (Lipinski definition) is 1. The average Bonchev–Trinajstić information content (AvgIpc) is 3.38. The van der Waals surface area contributed by atoms with Crippen molar-refractivity contribution in [1.29, 1.82) is 0 Å². The van der Waals surface area contributed by atoms with Crippen molar-refractivity contribution in [1.82, 2.24) is 24.3 Å². The van der Waals surface area contributed by atoms with Crippen LogP contribution in [-0.4, -0.2) is 37.4 Å². The predicted octanol–water partition coefficient (Wildman–Crippen LogP) is 1.71. The molecule has 2 amide bonds. The Morgan fingerprint density at radius 1 is 1.30 bits per heavy atom. The lowest BCUT2D eigenvalue weighted by atomic mass is 10.2. The summed E-state index contributed by atoms with van der Waals surface area (Å²) >= 11 is 0. The second-order valence-corrected chi connectivity index (χ2v) is 6.62. The fraction of sp³-hybridized carbons (Fsp3) is 0.316. The Hall–Kier alpha value is -3.29. The molecule has 3 aromatic heterocycles. The topological polar surface area (TPSA) is 85.3 Å². The van der Waals surface area contributed by atoms with Crippen molar-refractivity contribution < 1.29 is 14.0 Å². The maximum atomic E-state index is 12.6. The van der Waals surface area contributed by atoms with Crippen LogP contribution in [0.1, 0.15) is 38.1 Å². The highest BCUT2D eigenvalue weighted by Crippen LogP contribution is 2.19. The smallest absolute Gasteiger partial charge is 0.268 e. The number of carbonyl (C=O) groups excluding carboxylic acids is 2. The first-order valence-electron chi connectivity index (χ1n) is 8.81. The van der Waals surface area contributed by atoms with Gasteiger partial charge in [0.05, 0.1) is 36.8 Å². The molecule has 0 saturated carbocycles. The molecular formula is C19H21N5O3. The molecule has 0 unspecified atom stereocenters. The fourth-order valence-electron chi connectivity index (χ4n) is 3.37. The Balaban J connectivity index is 1.43. The number of aromatic nitrogens is 3. The lowest BCUT2D eigenvalue weighted by Crippen LogP contribution is -2.39. The second kappa shape index (κ2) is 6.79. The molecule has 3 aromatic rings. The molecule has 4 rings (SSSR count). The molecule has 0 aliphatic carbocycles. The standard InChI is InChI=1S/C19H21N5O3/c1-13-15(5-9-27-13)19(26)23-7-8-24-14(10-20-17(24)12-23)11-21-18(25)16-4-3-6-22(16)2/h3-6,9-10H,7-8,11-12H2,1-2H3,(H,21,25). The first kappa shape index (κ1) is 17.1. The van der Waals surface area contributed by atoms with Crippen LogP contribution < -0.4 is 5.32 Å². The molecule has 27 heavy (non-hydrogen) atoms. The zero-order valence-corrected chi connectivity index (χ0v) is 15.3. The summed E-state index contributed by atoms with van der Waals surface area (Å²) in [5.74, 6) is 1.27. The van der Waals surface area contributed by atoms with E-state index >= 15 is 0 Å². The zero-order valence-electron chi connectivity index (χ0n) is 15.3. The van der Waals surface area contributed by atoms with Crippen LogP contribution in [0.2, 0.25) is 0 Å². The molecule has 1 N–H and O–H groups in total. The highest BCUT2D eigenvalue weighted by molar-refractivity contribution is 5.95. The van der Waals surface area contributed by atoms with Gasteiger partial charge < -0.3 is 23.8 Å². The molecule has 140 valence electrons. The van der Waals surface area contributed by atoms with E-state index in [1.54, 1.807) is 34.7 Å². The minimum Gasteiger partial charge on any atom is -0.469 e. The van der Waals surface area contributed by atoms with Gasteiger partial charge in [0.25, 0.3) is 11.8 Å². The van der Waals surface area contributed by atoms with Gasteiger partial charge in [-0.1, -0.05) is 0 Å². The van der Waals surface area contributed by atoms with Gasteiger partial charge in [-0.05, 0) is 25.1 Å². The van der Waals surface area contributed by atoms with Crippen LogP contribution in [0, 0.1) is 6.92 Å². The van der Waals surface area contributed by atoms with E-state index in [-0.39, 0.29) is 11.8 Å². The lowest BCUT2D eigenvalue weighted by molar-refractivity contribution is 0.0704. The number of hydrogen-bond acceptors (Lipinski definition) is 4. The number of imidazole rings is 1. The van der Waals surface area contributed by atoms with Gasteiger partial charge in [-0.3, -0.25) is 9.59 Å². The summed E-state index contributed by atoms with van der Waals surface area (Å²) in [4.78, 5) is 31.1. The van der Waals surface area contributed by atoms with E-state index in [0.29, 0.717) is 43.2 Å². The molecule has 0 atom stereocenters. The molecular weight excluding hydrogens is 346 g/mol. The van der Waals surface area contributed by atoms with Crippen LogP contribution in [0.3, 0.4) is 0 Å². The number of rotatable bonds is 4. The van der Waals surface area contributed by atoms with Gasteiger partial charge in [0, 0.05) is 26.3 Å². The maximum absolute atomic E-state index is 12.6. The van der Waals surface area contributed by atoms with Gasteiger partial charge in [-0.15, -0.1) is 0 Å². The summed E-state index contributed by atoms with van der Waals surface area (Å²) in [5, 5.41) is 2.93. The highest BCUT2D eigenvalue weighted by atomic mass is 16.3. The molecule has 0 spiro atoms. The number of furan rings is 1. The largest absolute Gasteiger partial charge is 0.469 e. The van der Waals surface area contributed by atoms with Crippen molar-refractivity contribution in [2.75, 3.05) is 6.54 Å². The summed E-state index contributed by atoms with van der Waals surface area (Å²) in [6.07, 6.45) is 5.13. The predicted molar refractivity (Wildman–Crippen MR) is 97.0 cm³/mol. The summed E-state index contributed by atoms with van der Waals surface area (Å²) < 4.78 is 9.08. The third-order valence-electron chi connectivity index (χ3n) is 4.93. The molecule has 0 bridgehead atoms. The Bertz CT molecular complexity index is 983. The van der Waals surface area contributed by atoms with E-state index in [4.69, 9.17) is 4.42 Å². The number of nitrogens with one attached hydrogen (secondary N) is 1. The minimum absolute atomic E-state index is 0.0472. The number of aryl methyl sites for hydroxylation is 2. The van der Waals surface area contributed by atoms with Crippen molar-refractivity contribution in [2.45, 2.75) is 26.6 Å². The van der Waals surface area contributed by atoms with Gasteiger partial charge in [-0.25, -0.2) is 4.98 Å². The van der Waals surface area contributed by atoms with Crippen LogP contribution >= 0.6 is 0 Å². The molecule has 0 fully saturated rings. The summed E-state index contributed by atoms with van der Waals surface area (Å²) in [6, 6.07) is 5.31. The molecule has 4 heterocycles. The van der Waals surface area contributed by atoms with E-state index in [1.807, 2.05) is 19.3 Å². The Morgan fingerprint density at radius 2 is 2.15 bits per heavy atom. The second-order valence-electron chi connectivity index (χ2n) is 6.62. The van der Waals surface area contributed by atoms with Crippen LogP contribution in [0.25, 0.3) is 0 Å². The molecule has 0 aromatic carbocycles. The van der Waals surface area contributed by atoms with E-state index < -0.39 is 0 Å². The number of amides is 2. The Kier molecular flexibility index (Phi) is 4.31. The molecule has 0 saturated heterocycles. The van der Waals surface area contributed by atoms with Gasteiger partial charge in [0.15, 0.2) is 0 Å². The van der Waals surface area contributed by atoms with Crippen LogP contribution in [0.15, 0.2) is 41.3 Å². The van der Waals surface area contributed by atoms with Gasteiger partial charge >= 0.3 is 0 Å². The summed E-state index contributed by atoms with van der Waals surface area (Å²) in [7, 11) is 1.84. The van der Waals surface area contributed by atoms with E-state index in [9.17, 15) is 9.59 Å². The van der Waals surface area contributed by atoms with Crippen LogP contribution in [-0.2, 0) is 26.7 Å². The van der Waals surface area contributed by atoms with Crippen molar-refractivity contribution >= 4 is 11.8 Å². The SMILES string of the molecule is Cc1occc1C(=O)N1CCn2c(CNC(=O)c3cccn3C)cnc2C1. The quantitative estimate of drug-likeness (QED) is 0.761. The maximum Gasteiger partial charge on any atom is 0.268 e. The lowest BCUT2D eigenvalue weighted by Gasteiger charge is -2.28. The Labute approximate surface area is 156 Å². The van der Waals surface area contributed by atoms with Crippen molar-refractivity contribution in [3.05, 3.63) is 65.4 Å². The van der Waals surface area contributed by atoms with E-state index in [1.165, 1.54) is 6.26 Å². The Morgan fingerprint density at radius 3 is 2.85 bits per heavy atom.